The zero-order valence-corrected chi connectivity index (χ0v) is 15.4. The van der Waals surface area contributed by atoms with Gasteiger partial charge >= 0.3 is 17.8 Å². The number of imide groups is 2. The predicted octanol–water partition coefficient (Wildman–Crippen LogP) is 4.43. The van der Waals surface area contributed by atoms with Gasteiger partial charge in [-0.25, -0.2) is 14.6 Å². The van der Waals surface area contributed by atoms with Crippen molar-refractivity contribution in [3.63, 3.8) is 0 Å². The van der Waals surface area contributed by atoms with Crippen LogP contribution >= 0.6 is 0 Å². The van der Waals surface area contributed by atoms with Crippen molar-refractivity contribution >= 4 is 29.2 Å². The summed E-state index contributed by atoms with van der Waals surface area (Å²) >= 11 is 0. The van der Waals surface area contributed by atoms with E-state index >= 15 is 0 Å². The first kappa shape index (κ1) is 17.9. The summed E-state index contributed by atoms with van der Waals surface area (Å²) < 4.78 is 0. The van der Waals surface area contributed by atoms with Gasteiger partial charge in [-0.1, -0.05) is 52.0 Å². The summed E-state index contributed by atoms with van der Waals surface area (Å²) in [6.07, 6.45) is 0. The molecule has 5 nitrogen and oxygen atoms in total. The van der Waals surface area contributed by atoms with E-state index in [0.29, 0.717) is 23.2 Å². The number of benzene rings is 2. The molecule has 0 radical (unpaired) electrons. The van der Waals surface area contributed by atoms with Crippen LogP contribution in [0.4, 0.5) is 16.2 Å². The lowest BCUT2D eigenvalue weighted by molar-refractivity contribution is -0.133. The number of rotatable bonds is 4. The molecule has 1 aliphatic heterocycles. The van der Waals surface area contributed by atoms with Crippen LogP contribution in [0.5, 0.6) is 0 Å². The zero-order chi connectivity index (χ0) is 19.0. The van der Waals surface area contributed by atoms with Gasteiger partial charge in [-0.05, 0) is 47.2 Å². The Balaban J connectivity index is 1.92. The average Bonchev–Trinajstić information content (AvgIpc) is 2.84. The van der Waals surface area contributed by atoms with Crippen LogP contribution in [0, 0.1) is 0 Å². The molecule has 1 fully saturated rings. The highest BCUT2D eigenvalue weighted by molar-refractivity contribution is 6.60. The Labute approximate surface area is 153 Å². The largest absolute Gasteiger partial charge is 0.343 e. The Morgan fingerprint density at radius 2 is 0.885 bits per heavy atom. The van der Waals surface area contributed by atoms with E-state index in [9.17, 15) is 14.4 Å². The Bertz CT molecular complexity index is 780. The maximum absolute atomic E-state index is 12.8. The summed E-state index contributed by atoms with van der Waals surface area (Å²) in [6.45, 7) is 8.25. The molecule has 1 aliphatic rings. The van der Waals surface area contributed by atoms with Gasteiger partial charge in [0.25, 0.3) is 0 Å². The molecule has 2 aromatic carbocycles. The van der Waals surface area contributed by atoms with Crippen LogP contribution in [0.25, 0.3) is 0 Å². The standard InChI is InChI=1S/C21H22N2O3/c1-13(2)15-5-9-17(10-6-15)22-19(24)20(25)23(21(22)26)18-11-7-16(8-12-18)14(3)4/h5-14H,1-4H3. The predicted molar refractivity (Wildman–Crippen MR) is 101 cm³/mol. The van der Waals surface area contributed by atoms with Crippen LogP contribution in [-0.2, 0) is 9.59 Å². The topological polar surface area (TPSA) is 57.7 Å². The van der Waals surface area contributed by atoms with Gasteiger partial charge in [-0.15, -0.1) is 0 Å². The van der Waals surface area contributed by atoms with Gasteiger partial charge in [0.05, 0.1) is 11.4 Å². The molecule has 0 unspecified atom stereocenters. The quantitative estimate of drug-likeness (QED) is 0.605. The minimum Gasteiger partial charge on any atom is -0.262 e. The molecule has 26 heavy (non-hydrogen) atoms. The molecule has 0 atom stereocenters. The highest BCUT2D eigenvalue weighted by Crippen LogP contribution is 2.29. The summed E-state index contributed by atoms with van der Waals surface area (Å²) in [5.41, 5.74) is 3.00. The number of carbonyl (C=O) groups is 3. The van der Waals surface area contributed by atoms with E-state index in [4.69, 9.17) is 0 Å². The fourth-order valence-corrected chi connectivity index (χ4v) is 2.94. The van der Waals surface area contributed by atoms with E-state index in [1.54, 1.807) is 24.3 Å². The first-order valence-corrected chi connectivity index (χ1v) is 8.73. The Morgan fingerprint density at radius 1 is 0.577 bits per heavy atom. The summed E-state index contributed by atoms with van der Waals surface area (Å²) in [5.74, 6) is -0.987. The molecule has 1 heterocycles. The third-order valence-corrected chi connectivity index (χ3v) is 4.61. The molecule has 0 aromatic heterocycles. The molecule has 3 rings (SSSR count). The molecule has 0 aliphatic carbocycles. The third kappa shape index (κ3) is 3.01. The fourth-order valence-electron chi connectivity index (χ4n) is 2.94. The van der Waals surface area contributed by atoms with Crippen LogP contribution in [0.3, 0.4) is 0 Å². The van der Waals surface area contributed by atoms with E-state index in [0.717, 1.165) is 20.9 Å². The SMILES string of the molecule is CC(C)c1ccc(N2C(=O)C(=O)N(c3ccc(C(C)C)cc3)C2=O)cc1. The lowest BCUT2D eigenvalue weighted by Crippen LogP contribution is -2.33. The number of anilines is 2. The maximum atomic E-state index is 12.8. The summed E-state index contributed by atoms with van der Waals surface area (Å²) in [7, 11) is 0. The molecule has 1 saturated heterocycles. The molecular formula is C21H22N2O3. The van der Waals surface area contributed by atoms with Crippen LogP contribution in [0.1, 0.15) is 50.7 Å². The van der Waals surface area contributed by atoms with Gasteiger partial charge in [-0.2, -0.15) is 0 Å². The number of nitrogens with zero attached hydrogens (tertiary/aromatic N) is 2. The van der Waals surface area contributed by atoms with Gasteiger partial charge in [0.15, 0.2) is 0 Å². The van der Waals surface area contributed by atoms with Crippen molar-refractivity contribution < 1.29 is 14.4 Å². The Morgan fingerprint density at radius 3 is 1.15 bits per heavy atom. The van der Waals surface area contributed by atoms with E-state index in [2.05, 4.69) is 27.7 Å². The number of amides is 4. The molecule has 5 heteroatoms. The zero-order valence-electron chi connectivity index (χ0n) is 15.4. The van der Waals surface area contributed by atoms with E-state index in [-0.39, 0.29) is 0 Å². The maximum Gasteiger partial charge on any atom is 0.343 e. The molecule has 2 aromatic rings. The summed E-state index contributed by atoms with van der Waals surface area (Å²) in [6, 6.07) is 13.6. The fraction of sp³-hybridized carbons (Fsp3) is 0.286. The molecule has 0 spiro atoms. The van der Waals surface area contributed by atoms with E-state index < -0.39 is 17.8 Å². The van der Waals surface area contributed by atoms with Crippen molar-refractivity contribution in [2.75, 3.05) is 9.80 Å². The highest BCUT2D eigenvalue weighted by atomic mass is 16.2. The number of urea groups is 1. The van der Waals surface area contributed by atoms with Crippen molar-refractivity contribution in [3.05, 3.63) is 59.7 Å². The lowest BCUT2D eigenvalue weighted by atomic mass is 10.0. The lowest BCUT2D eigenvalue weighted by Gasteiger charge is -2.17. The van der Waals surface area contributed by atoms with Crippen LogP contribution < -0.4 is 9.80 Å². The first-order chi connectivity index (χ1) is 12.3. The molecule has 134 valence electrons. The van der Waals surface area contributed by atoms with Crippen molar-refractivity contribution in [2.45, 2.75) is 39.5 Å². The molecule has 0 N–H and O–H groups in total. The van der Waals surface area contributed by atoms with Crippen molar-refractivity contribution in [2.24, 2.45) is 0 Å². The van der Waals surface area contributed by atoms with Crippen molar-refractivity contribution in [1.82, 2.24) is 0 Å². The molecule has 0 saturated carbocycles. The summed E-state index contributed by atoms with van der Waals surface area (Å²) in [5, 5.41) is 0. The van der Waals surface area contributed by atoms with Gasteiger partial charge < -0.3 is 0 Å². The van der Waals surface area contributed by atoms with E-state index in [1.807, 2.05) is 24.3 Å². The Kier molecular flexibility index (Phi) is 4.64. The number of carbonyl (C=O) groups excluding carboxylic acids is 3. The molecule has 0 bridgehead atoms. The number of hydrogen-bond donors (Lipinski definition) is 0. The second-order valence-corrected chi connectivity index (χ2v) is 7.06. The van der Waals surface area contributed by atoms with Gasteiger partial charge in [0.2, 0.25) is 0 Å². The molecular weight excluding hydrogens is 328 g/mol. The second kappa shape index (κ2) is 6.75. The monoisotopic (exact) mass is 350 g/mol. The van der Waals surface area contributed by atoms with Crippen molar-refractivity contribution in [1.29, 1.82) is 0 Å². The van der Waals surface area contributed by atoms with Gasteiger partial charge in [0.1, 0.15) is 0 Å². The average molecular weight is 350 g/mol. The number of hydrogen-bond acceptors (Lipinski definition) is 3. The smallest absolute Gasteiger partial charge is 0.262 e. The van der Waals surface area contributed by atoms with Crippen LogP contribution in [-0.4, -0.2) is 17.8 Å². The second-order valence-electron chi connectivity index (χ2n) is 7.06. The Hall–Kier alpha value is -2.95. The molecule has 4 amide bonds. The van der Waals surface area contributed by atoms with Crippen LogP contribution in [0.2, 0.25) is 0 Å². The van der Waals surface area contributed by atoms with Gasteiger partial charge in [-0.3, -0.25) is 9.59 Å². The minimum absolute atomic E-state index is 0.339. The first-order valence-electron chi connectivity index (χ1n) is 8.73. The highest BCUT2D eigenvalue weighted by Gasteiger charge is 2.46. The van der Waals surface area contributed by atoms with E-state index in [1.165, 1.54) is 0 Å². The normalized spacial score (nSPS) is 14.9. The van der Waals surface area contributed by atoms with Crippen molar-refractivity contribution in [3.8, 4) is 0 Å². The van der Waals surface area contributed by atoms with Gasteiger partial charge in [0, 0.05) is 0 Å². The van der Waals surface area contributed by atoms with Crippen LogP contribution in [0.15, 0.2) is 48.5 Å². The third-order valence-electron chi connectivity index (χ3n) is 4.61. The summed E-state index contributed by atoms with van der Waals surface area (Å²) in [4.78, 5) is 39.5. The minimum atomic E-state index is -0.833.